The molecule has 1 amide bonds. The number of amides is 1. The van der Waals surface area contributed by atoms with Crippen LogP contribution in [0.1, 0.15) is 50.7 Å². The largest absolute Gasteiger partial charge is 0.492 e. The van der Waals surface area contributed by atoms with Crippen LogP contribution in [-0.2, 0) is 4.74 Å². The Labute approximate surface area is 145 Å². The minimum Gasteiger partial charge on any atom is -0.492 e. The van der Waals surface area contributed by atoms with Gasteiger partial charge in [-0.3, -0.25) is 0 Å². The standard InChI is InChI=1S/C19H30N2O3/c1-14-5-6-16(17(13-14)23-12-9-20)15-7-10-21(11-8-15)18(22)24-19(2,3)4/h5-6,13,15H,7-12,20H2,1-4H3. The summed E-state index contributed by atoms with van der Waals surface area (Å²) in [6, 6.07) is 6.34. The van der Waals surface area contributed by atoms with Gasteiger partial charge in [0.15, 0.2) is 0 Å². The molecule has 0 atom stereocenters. The molecule has 5 heteroatoms. The van der Waals surface area contributed by atoms with Crippen molar-refractivity contribution in [2.45, 2.75) is 52.1 Å². The second-order valence-electron chi connectivity index (χ2n) is 7.42. The highest BCUT2D eigenvalue weighted by Gasteiger charge is 2.28. The molecule has 1 aromatic carbocycles. The minimum absolute atomic E-state index is 0.218. The van der Waals surface area contributed by atoms with Crippen LogP contribution in [0.3, 0.4) is 0 Å². The van der Waals surface area contributed by atoms with Crippen LogP contribution in [-0.4, -0.2) is 42.8 Å². The van der Waals surface area contributed by atoms with Crippen molar-refractivity contribution in [1.82, 2.24) is 4.90 Å². The van der Waals surface area contributed by atoms with Gasteiger partial charge < -0.3 is 20.1 Å². The fourth-order valence-corrected chi connectivity index (χ4v) is 2.97. The van der Waals surface area contributed by atoms with Gasteiger partial charge >= 0.3 is 6.09 Å². The van der Waals surface area contributed by atoms with Crippen LogP contribution in [0.15, 0.2) is 18.2 Å². The number of hydrogen-bond donors (Lipinski definition) is 1. The summed E-state index contributed by atoms with van der Waals surface area (Å²) in [5.74, 6) is 1.33. The van der Waals surface area contributed by atoms with Crippen molar-refractivity contribution in [3.05, 3.63) is 29.3 Å². The lowest BCUT2D eigenvalue weighted by Gasteiger charge is -2.34. The summed E-state index contributed by atoms with van der Waals surface area (Å²) >= 11 is 0. The van der Waals surface area contributed by atoms with Gasteiger partial charge in [0.05, 0.1) is 0 Å². The monoisotopic (exact) mass is 334 g/mol. The molecule has 0 radical (unpaired) electrons. The van der Waals surface area contributed by atoms with Gasteiger partial charge in [0, 0.05) is 19.6 Å². The third-order valence-corrected chi connectivity index (χ3v) is 4.13. The van der Waals surface area contributed by atoms with Gasteiger partial charge in [-0.05, 0) is 63.6 Å². The van der Waals surface area contributed by atoms with Crippen LogP contribution >= 0.6 is 0 Å². The van der Waals surface area contributed by atoms with E-state index in [1.807, 2.05) is 20.8 Å². The molecule has 0 bridgehead atoms. The molecule has 134 valence electrons. The maximum atomic E-state index is 12.2. The van der Waals surface area contributed by atoms with Crippen molar-refractivity contribution in [2.24, 2.45) is 5.73 Å². The molecule has 1 aromatic rings. The molecule has 0 unspecified atom stereocenters. The molecular formula is C19H30N2O3. The highest BCUT2D eigenvalue weighted by molar-refractivity contribution is 5.68. The van der Waals surface area contributed by atoms with E-state index in [1.54, 1.807) is 4.90 Å². The summed E-state index contributed by atoms with van der Waals surface area (Å²) in [7, 11) is 0. The third-order valence-electron chi connectivity index (χ3n) is 4.13. The average molecular weight is 334 g/mol. The lowest BCUT2D eigenvalue weighted by molar-refractivity contribution is 0.0204. The Hall–Kier alpha value is -1.75. The molecule has 0 aliphatic carbocycles. The van der Waals surface area contributed by atoms with E-state index < -0.39 is 5.60 Å². The zero-order chi connectivity index (χ0) is 17.7. The van der Waals surface area contributed by atoms with Crippen molar-refractivity contribution in [2.75, 3.05) is 26.2 Å². The number of aryl methyl sites for hydroxylation is 1. The molecule has 0 spiro atoms. The molecule has 1 aliphatic heterocycles. The molecule has 5 nitrogen and oxygen atoms in total. The van der Waals surface area contributed by atoms with Crippen molar-refractivity contribution < 1.29 is 14.3 Å². The number of ether oxygens (including phenoxy) is 2. The van der Waals surface area contributed by atoms with Crippen LogP contribution in [0.5, 0.6) is 5.75 Å². The zero-order valence-electron chi connectivity index (χ0n) is 15.3. The maximum Gasteiger partial charge on any atom is 0.410 e. The Bertz CT molecular complexity index is 558. The number of nitrogens with two attached hydrogens (primary N) is 1. The van der Waals surface area contributed by atoms with E-state index in [0.717, 1.165) is 18.6 Å². The van der Waals surface area contributed by atoms with Gasteiger partial charge in [0.2, 0.25) is 0 Å². The van der Waals surface area contributed by atoms with Gasteiger partial charge in [-0.1, -0.05) is 12.1 Å². The lowest BCUT2D eigenvalue weighted by Crippen LogP contribution is -2.41. The zero-order valence-corrected chi connectivity index (χ0v) is 15.3. The third kappa shape index (κ3) is 5.13. The first-order chi connectivity index (χ1) is 11.3. The minimum atomic E-state index is -0.450. The summed E-state index contributed by atoms with van der Waals surface area (Å²) < 4.78 is 11.3. The molecular weight excluding hydrogens is 304 g/mol. The number of piperidine rings is 1. The number of benzene rings is 1. The normalized spacial score (nSPS) is 16.1. The molecule has 1 aliphatic rings. The van der Waals surface area contributed by atoms with E-state index >= 15 is 0 Å². The Balaban J connectivity index is 2.00. The molecule has 1 heterocycles. The number of carbonyl (C=O) groups is 1. The quantitative estimate of drug-likeness (QED) is 0.916. The number of rotatable bonds is 4. The summed E-state index contributed by atoms with van der Waals surface area (Å²) in [6.45, 7) is 10.2. The Kier molecular flexibility index (Phi) is 6.10. The molecule has 0 aromatic heterocycles. The van der Waals surface area contributed by atoms with Gasteiger partial charge in [-0.15, -0.1) is 0 Å². The summed E-state index contributed by atoms with van der Waals surface area (Å²) in [5.41, 5.74) is 7.51. The van der Waals surface area contributed by atoms with Crippen LogP contribution in [0, 0.1) is 6.92 Å². The highest BCUT2D eigenvalue weighted by atomic mass is 16.6. The van der Waals surface area contributed by atoms with E-state index in [0.29, 0.717) is 32.2 Å². The van der Waals surface area contributed by atoms with E-state index in [-0.39, 0.29) is 6.09 Å². The first kappa shape index (κ1) is 18.6. The Morgan fingerprint density at radius 3 is 2.54 bits per heavy atom. The SMILES string of the molecule is Cc1ccc(C2CCN(C(=O)OC(C)(C)C)CC2)c(OCCN)c1. The number of likely N-dealkylation sites (tertiary alicyclic amines) is 1. The predicted molar refractivity (Wildman–Crippen MR) is 95.5 cm³/mol. The lowest BCUT2D eigenvalue weighted by atomic mass is 9.88. The molecule has 0 saturated carbocycles. The molecule has 1 saturated heterocycles. The second-order valence-corrected chi connectivity index (χ2v) is 7.42. The van der Waals surface area contributed by atoms with E-state index in [1.165, 1.54) is 11.1 Å². The highest BCUT2D eigenvalue weighted by Crippen LogP contribution is 2.35. The topological polar surface area (TPSA) is 64.8 Å². The number of carbonyl (C=O) groups excluding carboxylic acids is 1. The fraction of sp³-hybridized carbons (Fsp3) is 0.632. The molecule has 2 rings (SSSR count). The second kappa shape index (κ2) is 7.88. The maximum absolute atomic E-state index is 12.2. The van der Waals surface area contributed by atoms with Crippen molar-refractivity contribution in [3.63, 3.8) is 0 Å². The molecule has 1 fully saturated rings. The fourth-order valence-electron chi connectivity index (χ4n) is 2.97. The van der Waals surface area contributed by atoms with Gasteiger partial charge in [-0.2, -0.15) is 0 Å². The first-order valence-corrected chi connectivity index (χ1v) is 8.71. The van der Waals surface area contributed by atoms with E-state index in [2.05, 4.69) is 25.1 Å². The summed E-state index contributed by atoms with van der Waals surface area (Å²) in [5, 5.41) is 0. The van der Waals surface area contributed by atoms with Gasteiger partial charge in [0.1, 0.15) is 18.0 Å². The smallest absolute Gasteiger partial charge is 0.410 e. The average Bonchev–Trinajstić information content (AvgIpc) is 2.51. The van der Waals surface area contributed by atoms with Crippen molar-refractivity contribution >= 4 is 6.09 Å². The number of hydrogen-bond acceptors (Lipinski definition) is 4. The van der Waals surface area contributed by atoms with Gasteiger partial charge in [-0.25, -0.2) is 4.79 Å². The number of nitrogens with zero attached hydrogens (tertiary/aromatic N) is 1. The Morgan fingerprint density at radius 1 is 1.29 bits per heavy atom. The summed E-state index contributed by atoms with van der Waals surface area (Å²) in [6.07, 6.45) is 1.62. The van der Waals surface area contributed by atoms with Crippen molar-refractivity contribution in [1.29, 1.82) is 0 Å². The summed E-state index contributed by atoms with van der Waals surface area (Å²) in [4.78, 5) is 14.0. The van der Waals surface area contributed by atoms with Crippen LogP contribution < -0.4 is 10.5 Å². The van der Waals surface area contributed by atoms with Crippen molar-refractivity contribution in [3.8, 4) is 5.75 Å². The van der Waals surface area contributed by atoms with Crippen LogP contribution in [0.2, 0.25) is 0 Å². The molecule has 24 heavy (non-hydrogen) atoms. The van der Waals surface area contributed by atoms with Gasteiger partial charge in [0.25, 0.3) is 0 Å². The van der Waals surface area contributed by atoms with E-state index in [4.69, 9.17) is 15.2 Å². The van der Waals surface area contributed by atoms with E-state index in [9.17, 15) is 4.79 Å². The Morgan fingerprint density at radius 2 is 1.96 bits per heavy atom. The molecule has 2 N–H and O–H groups in total. The predicted octanol–water partition coefficient (Wildman–Crippen LogP) is 3.45. The van der Waals surface area contributed by atoms with Crippen LogP contribution in [0.4, 0.5) is 4.79 Å². The van der Waals surface area contributed by atoms with Crippen LogP contribution in [0.25, 0.3) is 0 Å². The first-order valence-electron chi connectivity index (χ1n) is 8.71.